The Labute approximate surface area is 439 Å². The third kappa shape index (κ3) is 18.7. The van der Waals surface area contributed by atoms with Crippen LogP contribution in [0.2, 0.25) is 0 Å². The highest BCUT2D eigenvalue weighted by molar-refractivity contribution is 7.48. The molecule has 0 N–H and O–H groups in total. The monoisotopic (exact) mass is 1070 g/mol. The molecule has 1 aliphatic heterocycles. The van der Waals surface area contributed by atoms with Gasteiger partial charge in [0, 0.05) is 56.2 Å². The average Bonchev–Trinajstić information content (AvgIpc) is 3.40. The van der Waals surface area contributed by atoms with E-state index in [1.54, 1.807) is 6.07 Å². The zero-order valence-corrected chi connectivity index (χ0v) is 45.5. The number of unbranched alkanes of at least 4 members (excludes halogenated alkanes) is 13. The highest BCUT2D eigenvalue weighted by atomic mass is 31.2. The summed E-state index contributed by atoms with van der Waals surface area (Å²) in [5.41, 5.74) is 2.34. The van der Waals surface area contributed by atoms with Crippen LogP contribution in [0.15, 0.2) is 63.8 Å². The summed E-state index contributed by atoms with van der Waals surface area (Å²) in [5, 5.41) is 13.3. The van der Waals surface area contributed by atoms with Gasteiger partial charge < -0.3 is 37.7 Å². The number of nitro benzene ring substituents is 1. The van der Waals surface area contributed by atoms with Gasteiger partial charge in [0.2, 0.25) is 12.5 Å². The van der Waals surface area contributed by atoms with Gasteiger partial charge in [0.15, 0.2) is 22.5 Å². The summed E-state index contributed by atoms with van der Waals surface area (Å²) in [6.45, 7) is 8.12. The maximum Gasteiger partial charge on any atom is 0.478 e. The number of phosphoric ester groups is 1. The first-order chi connectivity index (χ1) is 36.3. The number of esters is 2. The Morgan fingerprint density at radius 1 is 0.787 bits per heavy atom. The summed E-state index contributed by atoms with van der Waals surface area (Å²) in [7, 11) is -2.04. The van der Waals surface area contributed by atoms with Crippen molar-refractivity contribution in [2.24, 2.45) is 0 Å². The first-order valence-corrected chi connectivity index (χ1v) is 27.8. The highest BCUT2D eigenvalue weighted by Crippen LogP contribution is 2.51. The third-order valence-corrected chi connectivity index (χ3v) is 14.0. The lowest BCUT2D eigenvalue weighted by atomic mass is 10.0. The van der Waals surface area contributed by atoms with E-state index in [0.29, 0.717) is 58.7 Å². The number of carbonyl (C=O) groups excluding carboxylic acids is 2. The van der Waals surface area contributed by atoms with Gasteiger partial charge in [0.25, 0.3) is 0 Å². The molecule has 0 fully saturated rings. The van der Waals surface area contributed by atoms with E-state index in [1.165, 1.54) is 32.4 Å². The second-order valence-corrected chi connectivity index (χ2v) is 19.8. The van der Waals surface area contributed by atoms with Gasteiger partial charge in [-0.25, -0.2) is 14.1 Å². The van der Waals surface area contributed by atoms with Crippen molar-refractivity contribution in [3.8, 4) is 28.7 Å². The summed E-state index contributed by atoms with van der Waals surface area (Å²) in [5.74, 6) is -0.214. The summed E-state index contributed by atoms with van der Waals surface area (Å²) >= 11 is 0. The van der Waals surface area contributed by atoms with Gasteiger partial charge in [-0.05, 0) is 63.4 Å². The molecule has 2 atom stereocenters. The number of nitro groups is 1. The van der Waals surface area contributed by atoms with Crippen LogP contribution in [-0.4, -0.2) is 88.5 Å². The van der Waals surface area contributed by atoms with Crippen molar-refractivity contribution in [1.82, 2.24) is 4.98 Å². The number of ether oxygens (including phenoxy) is 6. The minimum absolute atomic E-state index is 0.0337. The number of methoxy groups -OCH3 is 2. The molecular weight excluding hydrogens is 990 g/mol. The fourth-order valence-electron chi connectivity index (χ4n) is 8.61. The Morgan fingerprint density at radius 2 is 1.48 bits per heavy atom. The molecule has 3 aromatic carbocycles. The number of hydrogen-bond acceptors (Lipinski definition) is 18. The summed E-state index contributed by atoms with van der Waals surface area (Å²) in [6, 6.07) is 15.8. The largest absolute Gasteiger partial charge is 0.493 e. The van der Waals surface area contributed by atoms with Crippen LogP contribution >= 0.6 is 7.82 Å². The lowest BCUT2D eigenvalue weighted by Crippen LogP contribution is -2.29. The molecule has 1 unspecified atom stereocenters. The van der Waals surface area contributed by atoms with E-state index >= 15 is 0 Å². The molecule has 0 amide bonds. The van der Waals surface area contributed by atoms with E-state index < -0.39 is 56.5 Å². The molecule has 0 spiro atoms. The molecule has 3 aromatic rings. The van der Waals surface area contributed by atoms with Crippen LogP contribution in [0.5, 0.6) is 17.2 Å². The smallest absolute Gasteiger partial charge is 0.478 e. The molecular formula is C55H76N3O16P. The van der Waals surface area contributed by atoms with E-state index in [1.807, 2.05) is 30.3 Å². The molecule has 2 aliphatic rings. The van der Waals surface area contributed by atoms with Crippen molar-refractivity contribution >= 4 is 53.0 Å². The number of carbonyl (C=O) groups is 2. The zero-order chi connectivity index (χ0) is 54.0. The Bertz CT molecular complexity index is 2660. The number of rotatable bonds is 38. The number of fused-ring (bicyclic) bond motifs is 4. The molecule has 412 valence electrons. The molecule has 0 bridgehead atoms. The molecule has 5 rings (SSSR count). The number of aromatic nitrogens is 1. The fourth-order valence-corrected chi connectivity index (χ4v) is 9.66. The van der Waals surface area contributed by atoms with Crippen LogP contribution in [0, 0.1) is 10.1 Å². The molecule has 0 saturated carbocycles. The standard InChI is InChI=1S/C55H76N3O16P/c1-7-10-11-18-21-27-51(61)73-43(38-71-75(64,72-39-69-40(4)59)70-36-41-28-31-48(65-5)55(66-6)54(41)58(62)63)37-67-32-22-19-16-14-12-13-15-17-20-23-33-68-47-26-24-25-44-46(60)35-50-53(52(44)47)56-45-30-29-42(34-49(45)74-50)57(8-2)9-3/h24-26,28-31,34-35,43H,7-23,27,32-33,36-39H2,1-6H3/t43-,75?/m1/s1. The summed E-state index contributed by atoms with van der Waals surface area (Å²) in [4.78, 5) is 56.1. The number of phosphoric acid groups is 1. The van der Waals surface area contributed by atoms with Crippen LogP contribution in [0.1, 0.15) is 136 Å². The quantitative estimate of drug-likeness (QED) is 0.00523. The van der Waals surface area contributed by atoms with Gasteiger partial charge in [-0.2, -0.15) is 0 Å². The highest BCUT2D eigenvalue weighted by Gasteiger charge is 2.33. The van der Waals surface area contributed by atoms with Crippen LogP contribution in [0.3, 0.4) is 0 Å². The number of nitrogens with zero attached hydrogens (tertiary/aromatic N) is 3. The minimum atomic E-state index is -4.61. The van der Waals surface area contributed by atoms with E-state index in [0.717, 1.165) is 116 Å². The molecule has 75 heavy (non-hydrogen) atoms. The van der Waals surface area contributed by atoms with Crippen molar-refractivity contribution in [1.29, 1.82) is 0 Å². The van der Waals surface area contributed by atoms with Crippen molar-refractivity contribution in [2.75, 3.05) is 65.4 Å². The molecule has 19 nitrogen and oxygen atoms in total. The van der Waals surface area contributed by atoms with Gasteiger partial charge in [-0.15, -0.1) is 0 Å². The number of anilines is 1. The molecule has 1 heterocycles. The van der Waals surface area contributed by atoms with Gasteiger partial charge in [0.05, 0.1) is 56.5 Å². The van der Waals surface area contributed by atoms with Crippen molar-refractivity contribution in [3.05, 3.63) is 80.5 Å². The molecule has 1 aliphatic carbocycles. The van der Waals surface area contributed by atoms with Crippen LogP contribution < -0.4 is 24.5 Å². The average molecular weight is 1070 g/mol. The molecule has 20 heteroatoms. The first-order valence-electron chi connectivity index (χ1n) is 26.4. The van der Waals surface area contributed by atoms with E-state index in [9.17, 15) is 29.1 Å². The Kier molecular flexibility index (Phi) is 25.5. The lowest BCUT2D eigenvalue weighted by molar-refractivity contribution is -0.386. The van der Waals surface area contributed by atoms with E-state index in [-0.39, 0.29) is 35.5 Å². The van der Waals surface area contributed by atoms with Crippen LogP contribution in [-0.2, 0) is 48.5 Å². The molecule has 0 saturated heterocycles. The third-order valence-electron chi connectivity index (χ3n) is 12.6. The second-order valence-electron chi connectivity index (χ2n) is 18.1. The Balaban J connectivity index is 1.03. The maximum absolute atomic E-state index is 13.9. The predicted molar refractivity (Wildman–Crippen MR) is 286 cm³/mol. The van der Waals surface area contributed by atoms with Crippen molar-refractivity contribution in [3.63, 3.8) is 0 Å². The van der Waals surface area contributed by atoms with Gasteiger partial charge in [0.1, 0.15) is 23.1 Å². The van der Waals surface area contributed by atoms with E-state index in [2.05, 4.69) is 25.7 Å². The van der Waals surface area contributed by atoms with Gasteiger partial charge in [-0.1, -0.05) is 96.1 Å². The predicted octanol–water partition coefficient (Wildman–Crippen LogP) is 12.7. The summed E-state index contributed by atoms with van der Waals surface area (Å²) < 4.78 is 69.7. The second kappa shape index (κ2) is 31.9. The molecule has 0 aromatic heterocycles. The number of benzene rings is 4. The van der Waals surface area contributed by atoms with Crippen LogP contribution in [0.25, 0.3) is 33.3 Å². The minimum Gasteiger partial charge on any atom is -0.493 e. The Hall–Kier alpha value is -5.85. The normalized spacial score (nSPS) is 12.7. The van der Waals surface area contributed by atoms with Crippen LogP contribution in [0.4, 0.5) is 11.4 Å². The van der Waals surface area contributed by atoms with Gasteiger partial charge >= 0.3 is 25.4 Å². The topological polar surface area (TPSA) is 224 Å². The van der Waals surface area contributed by atoms with E-state index in [4.69, 9.17) is 51.4 Å². The van der Waals surface area contributed by atoms with Crippen molar-refractivity contribution < 1.29 is 65.5 Å². The lowest BCUT2D eigenvalue weighted by Gasteiger charge is -2.22. The number of hydrogen-bond donors (Lipinski definition) is 0. The SMILES string of the molecule is CCCCCCCC(=O)O[C@H](COCCCCCCCCCCCCOc1cccc2c(=O)cc3oc4cc(N(CC)CC)ccc4nc-3c12)COP(=O)(OCOC(C)=O)OCc1ccc(OC)c(OC)c1[N+](=O)[O-]. The summed E-state index contributed by atoms with van der Waals surface area (Å²) in [6.07, 6.45) is 14.1. The fraction of sp³-hybridized carbons (Fsp3) is 0.564. The van der Waals surface area contributed by atoms with Gasteiger partial charge in [-0.3, -0.25) is 33.5 Å². The maximum atomic E-state index is 13.9. The molecule has 0 radical (unpaired) electrons. The zero-order valence-electron chi connectivity index (χ0n) is 44.6. The Morgan fingerprint density at radius 3 is 2.15 bits per heavy atom. The van der Waals surface area contributed by atoms with Crippen molar-refractivity contribution in [2.45, 2.75) is 143 Å². The first kappa shape index (κ1) is 60.0.